The number of aryl methyl sites for hydroxylation is 1. The topological polar surface area (TPSA) is 43.9 Å². The molecule has 6 heteroatoms. The number of amides is 3. The highest BCUT2D eigenvalue weighted by Gasteiger charge is 2.33. The molecule has 0 radical (unpaired) electrons. The Morgan fingerprint density at radius 3 is 2.58 bits per heavy atom. The predicted molar refractivity (Wildman–Crippen MR) is 103 cm³/mol. The molecule has 1 saturated heterocycles. The number of halogens is 1. The molecule has 2 aromatic rings. The molecule has 2 heterocycles. The van der Waals surface area contributed by atoms with Crippen molar-refractivity contribution in [3.63, 3.8) is 0 Å². The van der Waals surface area contributed by atoms with Crippen molar-refractivity contribution < 1.29 is 9.59 Å². The Balaban J connectivity index is 1.46. The van der Waals surface area contributed by atoms with Gasteiger partial charge in [0.05, 0.1) is 0 Å². The van der Waals surface area contributed by atoms with E-state index in [0.717, 1.165) is 24.2 Å². The molecule has 0 N–H and O–H groups in total. The molecular formula is C20H20ClN3O2. The first-order valence-electron chi connectivity index (χ1n) is 8.84. The van der Waals surface area contributed by atoms with Crippen LogP contribution in [0.25, 0.3) is 0 Å². The van der Waals surface area contributed by atoms with Gasteiger partial charge in [-0.15, -0.1) is 0 Å². The summed E-state index contributed by atoms with van der Waals surface area (Å²) in [6, 6.07) is 15.1. The number of benzene rings is 2. The third kappa shape index (κ3) is 3.15. The second-order valence-corrected chi connectivity index (χ2v) is 7.05. The van der Waals surface area contributed by atoms with Crippen molar-refractivity contribution in [3.05, 3.63) is 59.1 Å². The summed E-state index contributed by atoms with van der Waals surface area (Å²) in [4.78, 5) is 30.7. The van der Waals surface area contributed by atoms with Crippen molar-refractivity contribution in [2.24, 2.45) is 0 Å². The van der Waals surface area contributed by atoms with Gasteiger partial charge in [0.2, 0.25) is 5.91 Å². The summed E-state index contributed by atoms with van der Waals surface area (Å²) in [6.07, 6.45) is 1.94. The van der Waals surface area contributed by atoms with E-state index < -0.39 is 0 Å². The van der Waals surface area contributed by atoms with E-state index in [4.69, 9.17) is 11.6 Å². The van der Waals surface area contributed by atoms with Crippen LogP contribution < -0.4 is 9.80 Å². The van der Waals surface area contributed by atoms with E-state index in [1.165, 1.54) is 5.56 Å². The molecule has 2 aliphatic rings. The summed E-state index contributed by atoms with van der Waals surface area (Å²) < 4.78 is 0. The van der Waals surface area contributed by atoms with Crippen LogP contribution in [0.5, 0.6) is 0 Å². The number of hydrogen-bond donors (Lipinski definition) is 0. The number of carbonyl (C=O) groups is 2. The zero-order chi connectivity index (χ0) is 18.1. The highest BCUT2D eigenvalue weighted by molar-refractivity contribution is 6.30. The number of anilines is 2. The molecule has 26 heavy (non-hydrogen) atoms. The average Bonchev–Trinajstić information content (AvgIpc) is 3.02. The van der Waals surface area contributed by atoms with Gasteiger partial charge in [-0.3, -0.25) is 9.69 Å². The van der Waals surface area contributed by atoms with Crippen LogP contribution in [-0.4, -0.2) is 43.0 Å². The van der Waals surface area contributed by atoms with Crippen LogP contribution in [0.2, 0.25) is 5.02 Å². The quantitative estimate of drug-likeness (QED) is 0.830. The largest absolute Gasteiger partial charge is 0.325 e. The Bertz CT molecular complexity index is 837. The molecule has 0 atom stereocenters. The lowest BCUT2D eigenvalue weighted by Crippen LogP contribution is -2.44. The molecule has 134 valence electrons. The first kappa shape index (κ1) is 16.9. The third-order valence-corrected chi connectivity index (χ3v) is 5.22. The fourth-order valence-corrected chi connectivity index (χ4v) is 3.76. The molecule has 0 saturated carbocycles. The second-order valence-electron chi connectivity index (χ2n) is 6.61. The van der Waals surface area contributed by atoms with Crippen LogP contribution in [0.4, 0.5) is 16.2 Å². The summed E-state index contributed by atoms with van der Waals surface area (Å²) >= 11 is 5.92. The third-order valence-electron chi connectivity index (χ3n) is 4.97. The molecule has 2 aromatic carbocycles. The minimum Gasteiger partial charge on any atom is -0.313 e. The van der Waals surface area contributed by atoms with Crippen molar-refractivity contribution in [1.82, 2.24) is 4.90 Å². The maximum absolute atomic E-state index is 12.8. The molecule has 3 amide bonds. The Labute approximate surface area is 157 Å². The van der Waals surface area contributed by atoms with Crippen molar-refractivity contribution in [1.29, 1.82) is 0 Å². The Morgan fingerprint density at radius 1 is 1.00 bits per heavy atom. The van der Waals surface area contributed by atoms with E-state index in [1.54, 1.807) is 21.9 Å². The summed E-state index contributed by atoms with van der Waals surface area (Å²) in [7, 11) is 0. The smallest absolute Gasteiger partial charge is 0.313 e. The fraction of sp³-hybridized carbons (Fsp3) is 0.300. The maximum Gasteiger partial charge on any atom is 0.325 e. The lowest BCUT2D eigenvalue weighted by Gasteiger charge is -2.30. The molecule has 0 aliphatic carbocycles. The van der Waals surface area contributed by atoms with Gasteiger partial charge in [-0.2, -0.15) is 0 Å². The Morgan fingerprint density at radius 2 is 1.77 bits per heavy atom. The van der Waals surface area contributed by atoms with E-state index in [2.05, 4.69) is 6.07 Å². The van der Waals surface area contributed by atoms with Crippen molar-refractivity contribution >= 4 is 34.9 Å². The monoisotopic (exact) mass is 369 g/mol. The zero-order valence-corrected chi connectivity index (χ0v) is 15.2. The van der Waals surface area contributed by atoms with Crippen LogP contribution in [0, 0.1) is 0 Å². The first-order valence-corrected chi connectivity index (χ1v) is 9.21. The second kappa shape index (κ2) is 7.00. The molecule has 0 aromatic heterocycles. The van der Waals surface area contributed by atoms with Gasteiger partial charge in [-0.1, -0.05) is 29.8 Å². The predicted octanol–water partition coefficient (Wildman–Crippen LogP) is 3.56. The number of hydrogen-bond acceptors (Lipinski definition) is 2. The minimum atomic E-state index is -0.133. The van der Waals surface area contributed by atoms with Gasteiger partial charge in [0.1, 0.15) is 6.54 Å². The molecule has 0 unspecified atom stereocenters. The molecule has 4 rings (SSSR count). The highest BCUT2D eigenvalue weighted by atomic mass is 35.5. The molecule has 0 bridgehead atoms. The molecule has 5 nitrogen and oxygen atoms in total. The molecule has 0 spiro atoms. The van der Waals surface area contributed by atoms with E-state index in [0.29, 0.717) is 24.7 Å². The Hall–Kier alpha value is -2.53. The number of nitrogens with zero attached hydrogens (tertiary/aromatic N) is 3. The SMILES string of the molecule is O=C1N(CC(=O)N2CCCc3ccccc32)CCN1c1ccc(Cl)cc1. The number of para-hydroxylation sites is 1. The number of fused-ring (bicyclic) bond motifs is 1. The van der Waals surface area contributed by atoms with Gasteiger partial charge in [0.15, 0.2) is 0 Å². The van der Waals surface area contributed by atoms with Gasteiger partial charge < -0.3 is 9.80 Å². The average molecular weight is 370 g/mol. The van der Waals surface area contributed by atoms with E-state index in [-0.39, 0.29) is 18.5 Å². The summed E-state index contributed by atoms with van der Waals surface area (Å²) in [5.41, 5.74) is 2.98. The van der Waals surface area contributed by atoms with E-state index in [1.807, 2.05) is 35.2 Å². The van der Waals surface area contributed by atoms with Crippen LogP contribution in [0.3, 0.4) is 0 Å². The molecular weight excluding hydrogens is 350 g/mol. The van der Waals surface area contributed by atoms with Gasteiger partial charge in [0.25, 0.3) is 0 Å². The molecule has 2 aliphatic heterocycles. The van der Waals surface area contributed by atoms with Gasteiger partial charge in [0, 0.05) is 36.0 Å². The van der Waals surface area contributed by atoms with Gasteiger partial charge >= 0.3 is 6.03 Å². The first-order chi connectivity index (χ1) is 12.6. The lowest BCUT2D eigenvalue weighted by atomic mass is 10.0. The van der Waals surface area contributed by atoms with Crippen molar-refractivity contribution in [3.8, 4) is 0 Å². The van der Waals surface area contributed by atoms with Crippen LogP contribution >= 0.6 is 11.6 Å². The van der Waals surface area contributed by atoms with Gasteiger partial charge in [-0.05, 0) is 48.7 Å². The Kier molecular flexibility index (Phi) is 4.55. The van der Waals surface area contributed by atoms with E-state index >= 15 is 0 Å². The van der Waals surface area contributed by atoms with E-state index in [9.17, 15) is 9.59 Å². The summed E-state index contributed by atoms with van der Waals surface area (Å²) in [5, 5.41) is 0.635. The minimum absolute atomic E-state index is 0.0246. The lowest BCUT2D eigenvalue weighted by molar-refractivity contribution is -0.119. The summed E-state index contributed by atoms with van der Waals surface area (Å²) in [6.45, 7) is 1.93. The van der Waals surface area contributed by atoms with Crippen LogP contribution in [-0.2, 0) is 11.2 Å². The summed E-state index contributed by atoms with van der Waals surface area (Å²) in [5.74, 6) is -0.0246. The van der Waals surface area contributed by atoms with Crippen LogP contribution in [0.1, 0.15) is 12.0 Å². The van der Waals surface area contributed by atoms with Crippen LogP contribution in [0.15, 0.2) is 48.5 Å². The highest BCUT2D eigenvalue weighted by Crippen LogP contribution is 2.27. The fourth-order valence-electron chi connectivity index (χ4n) is 3.63. The van der Waals surface area contributed by atoms with Crippen molar-refractivity contribution in [2.75, 3.05) is 36.0 Å². The number of rotatable bonds is 3. The zero-order valence-electron chi connectivity index (χ0n) is 14.4. The maximum atomic E-state index is 12.8. The normalized spacial score (nSPS) is 16.8. The van der Waals surface area contributed by atoms with Gasteiger partial charge in [-0.25, -0.2) is 4.79 Å². The number of urea groups is 1. The standard InChI is InChI=1S/C20H20ClN3O2/c21-16-7-9-17(10-8-16)23-13-12-22(20(23)26)14-19(25)24-11-3-5-15-4-1-2-6-18(15)24/h1-2,4,6-10H,3,5,11-14H2. The number of carbonyl (C=O) groups excluding carboxylic acids is 2. The molecule has 1 fully saturated rings. The van der Waals surface area contributed by atoms with Crippen molar-refractivity contribution in [2.45, 2.75) is 12.8 Å².